The van der Waals surface area contributed by atoms with Crippen LogP contribution in [-0.4, -0.2) is 24.4 Å². The summed E-state index contributed by atoms with van der Waals surface area (Å²) in [5, 5.41) is 10.7. The minimum Gasteiger partial charge on any atom is -0.493 e. The molecule has 0 aromatic heterocycles. The zero-order valence-electron chi connectivity index (χ0n) is 15.5. The third-order valence-corrected chi connectivity index (χ3v) is 3.71. The van der Waals surface area contributed by atoms with Gasteiger partial charge in [0.2, 0.25) is 0 Å². The maximum absolute atomic E-state index is 12.4. The van der Waals surface area contributed by atoms with E-state index >= 15 is 0 Å². The zero-order chi connectivity index (χ0) is 19.8. The molecule has 0 atom stereocenters. The summed E-state index contributed by atoms with van der Waals surface area (Å²) in [5.41, 5.74) is 2.31. The fourth-order valence-corrected chi connectivity index (χ4v) is 2.21. The van der Waals surface area contributed by atoms with Gasteiger partial charge < -0.3 is 9.47 Å². The Morgan fingerprint density at radius 2 is 1.81 bits per heavy atom. The first-order valence-corrected chi connectivity index (χ1v) is 8.32. The van der Waals surface area contributed by atoms with Gasteiger partial charge in [-0.05, 0) is 61.9 Å². The molecule has 6 heteroatoms. The van der Waals surface area contributed by atoms with Crippen molar-refractivity contribution in [3.8, 4) is 11.5 Å². The van der Waals surface area contributed by atoms with Gasteiger partial charge in [0.05, 0.1) is 12.0 Å². The van der Waals surface area contributed by atoms with Crippen molar-refractivity contribution in [2.45, 2.75) is 13.8 Å². The summed E-state index contributed by atoms with van der Waals surface area (Å²) in [6, 6.07) is 11.0. The standard InChI is InChI=1S/C21H21NO5/c1-15(2)12-13-27-20-11-7-17(14-21(20)26-3)19(23)10-6-16-4-8-18(9-5-16)22(24)25/h4-12,14H,13H2,1-3H3/b10-6+. The molecule has 2 rings (SSSR count). The molecule has 140 valence electrons. The number of hydrogen-bond donors (Lipinski definition) is 0. The maximum atomic E-state index is 12.4. The highest BCUT2D eigenvalue weighted by Crippen LogP contribution is 2.28. The number of carbonyl (C=O) groups is 1. The van der Waals surface area contributed by atoms with E-state index in [1.165, 1.54) is 25.3 Å². The van der Waals surface area contributed by atoms with E-state index in [0.29, 0.717) is 29.2 Å². The predicted molar refractivity (Wildman–Crippen MR) is 104 cm³/mol. The van der Waals surface area contributed by atoms with E-state index in [2.05, 4.69) is 0 Å². The Labute approximate surface area is 157 Å². The SMILES string of the molecule is COc1cc(C(=O)/C=C/c2ccc([N+](=O)[O-])cc2)ccc1OCC=C(C)C. The first kappa shape index (κ1) is 19.9. The van der Waals surface area contributed by atoms with Gasteiger partial charge in [0.15, 0.2) is 17.3 Å². The summed E-state index contributed by atoms with van der Waals surface area (Å²) >= 11 is 0. The number of carbonyl (C=O) groups excluding carboxylic acids is 1. The number of nitro groups is 1. The molecule has 2 aromatic carbocycles. The minimum absolute atomic E-state index is 0.00640. The van der Waals surface area contributed by atoms with Crippen molar-refractivity contribution in [3.05, 3.63) is 81.4 Å². The number of benzene rings is 2. The maximum Gasteiger partial charge on any atom is 0.269 e. The van der Waals surface area contributed by atoms with Crippen LogP contribution in [0.4, 0.5) is 5.69 Å². The minimum atomic E-state index is -0.466. The van der Waals surface area contributed by atoms with Gasteiger partial charge in [-0.3, -0.25) is 14.9 Å². The average molecular weight is 367 g/mol. The summed E-state index contributed by atoms with van der Waals surface area (Å²) in [7, 11) is 1.52. The van der Waals surface area contributed by atoms with Crippen LogP contribution in [0.1, 0.15) is 29.8 Å². The fraction of sp³-hybridized carbons (Fsp3) is 0.190. The number of nitrogens with zero attached hydrogens (tertiary/aromatic N) is 1. The van der Waals surface area contributed by atoms with Crippen molar-refractivity contribution in [3.63, 3.8) is 0 Å². The van der Waals surface area contributed by atoms with Gasteiger partial charge in [-0.15, -0.1) is 0 Å². The molecule has 0 aliphatic heterocycles. The Kier molecular flexibility index (Phi) is 6.88. The monoisotopic (exact) mass is 367 g/mol. The normalized spacial score (nSPS) is 10.5. The Morgan fingerprint density at radius 3 is 2.41 bits per heavy atom. The van der Waals surface area contributed by atoms with Crippen LogP contribution in [0, 0.1) is 10.1 Å². The Balaban J connectivity index is 2.11. The summed E-state index contributed by atoms with van der Waals surface area (Å²) in [4.78, 5) is 22.6. The lowest BCUT2D eigenvalue weighted by molar-refractivity contribution is -0.384. The highest BCUT2D eigenvalue weighted by atomic mass is 16.6. The summed E-state index contributed by atoms with van der Waals surface area (Å²) in [6.07, 6.45) is 4.98. The molecule has 2 aromatic rings. The lowest BCUT2D eigenvalue weighted by atomic mass is 10.1. The number of ketones is 1. The molecular formula is C21H21NO5. The van der Waals surface area contributed by atoms with E-state index < -0.39 is 4.92 Å². The van der Waals surface area contributed by atoms with Crippen LogP contribution in [0.25, 0.3) is 6.08 Å². The first-order chi connectivity index (χ1) is 12.9. The zero-order valence-corrected chi connectivity index (χ0v) is 15.5. The number of ether oxygens (including phenoxy) is 2. The second kappa shape index (κ2) is 9.33. The largest absolute Gasteiger partial charge is 0.493 e. The quantitative estimate of drug-likeness (QED) is 0.219. The predicted octanol–water partition coefficient (Wildman–Crippen LogP) is 4.84. The molecule has 0 unspecified atom stereocenters. The van der Waals surface area contributed by atoms with Crippen LogP contribution < -0.4 is 9.47 Å². The molecule has 6 nitrogen and oxygen atoms in total. The molecule has 27 heavy (non-hydrogen) atoms. The van der Waals surface area contributed by atoms with Gasteiger partial charge in [0, 0.05) is 17.7 Å². The van der Waals surface area contributed by atoms with E-state index in [1.807, 2.05) is 19.9 Å². The molecule has 0 bridgehead atoms. The van der Waals surface area contributed by atoms with E-state index in [0.717, 1.165) is 5.57 Å². The Hall–Kier alpha value is -3.41. The molecule has 0 heterocycles. The number of non-ortho nitro benzene ring substituents is 1. The van der Waals surface area contributed by atoms with Gasteiger partial charge in [-0.25, -0.2) is 0 Å². The molecule has 0 fully saturated rings. The van der Waals surface area contributed by atoms with E-state index in [4.69, 9.17) is 9.47 Å². The van der Waals surface area contributed by atoms with Crippen LogP contribution in [0.15, 0.2) is 60.2 Å². The molecule has 0 saturated heterocycles. The van der Waals surface area contributed by atoms with Crippen molar-refractivity contribution >= 4 is 17.5 Å². The Morgan fingerprint density at radius 1 is 1.11 bits per heavy atom. The molecule has 0 radical (unpaired) electrons. The number of methoxy groups -OCH3 is 1. The third-order valence-electron chi connectivity index (χ3n) is 3.71. The van der Waals surface area contributed by atoms with Crippen LogP contribution in [0.3, 0.4) is 0 Å². The molecule has 0 N–H and O–H groups in total. The molecule has 0 spiro atoms. The number of allylic oxidation sites excluding steroid dienone is 2. The van der Waals surface area contributed by atoms with Crippen LogP contribution >= 0.6 is 0 Å². The molecule has 0 amide bonds. The van der Waals surface area contributed by atoms with Crippen molar-refractivity contribution < 1.29 is 19.2 Å². The van der Waals surface area contributed by atoms with E-state index in [1.54, 1.807) is 36.4 Å². The lowest BCUT2D eigenvalue weighted by Gasteiger charge is -2.10. The van der Waals surface area contributed by atoms with Crippen LogP contribution in [0.5, 0.6) is 11.5 Å². The molecule has 0 saturated carbocycles. The molecule has 0 aliphatic carbocycles. The highest BCUT2D eigenvalue weighted by molar-refractivity contribution is 6.07. The van der Waals surface area contributed by atoms with Gasteiger partial charge >= 0.3 is 0 Å². The van der Waals surface area contributed by atoms with Crippen LogP contribution in [0.2, 0.25) is 0 Å². The van der Waals surface area contributed by atoms with Gasteiger partial charge in [0.25, 0.3) is 5.69 Å². The average Bonchev–Trinajstić information content (AvgIpc) is 2.66. The number of nitro benzene ring substituents is 1. The lowest BCUT2D eigenvalue weighted by Crippen LogP contribution is -2.00. The Bertz CT molecular complexity index is 878. The van der Waals surface area contributed by atoms with Gasteiger partial charge in [-0.2, -0.15) is 0 Å². The fourth-order valence-electron chi connectivity index (χ4n) is 2.21. The van der Waals surface area contributed by atoms with Crippen LogP contribution in [-0.2, 0) is 0 Å². The summed E-state index contributed by atoms with van der Waals surface area (Å²) in [5.74, 6) is 0.833. The van der Waals surface area contributed by atoms with Crippen molar-refractivity contribution in [2.75, 3.05) is 13.7 Å². The van der Waals surface area contributed by atoms with Crippen molar-refractivity contribution in [1.29, 1.82) is 0 Å². The van der Waals surface area contributed by atoms with Gasteiger partial charge in [0.1, 0.15) is 6.61 Å². The topological polar surface area (TPSA) is 78.7 Å². The number of hydrogen-bond acceptors (Lipinski definition) is 5. The molecular weight excluding hydrogens is 346 g/mol. The highest BCUT2D eigenvalue weighted by Gasteiger charge is 2.09. The second-order valence-corrected chi connectivity index (χ2v) is 6.00. The second-order valence-electron chi connectivity index (χ2n) is 6.00. The summed E-state index contributed by atoms with van der Waals surface area (Å²) < 4.78 is 11.0. The van der Waals surface area contributed by atoms with Crippen molar-refractivity contribution in [1.82, 2.24) is 0 Å². The summed E-state index contributed by atoms with van der Waals surface area (Å²) in [6.45, 7) is 4.39. The van der Waals surface area contributed by atoms with E-state index in [9.17, 15) is 14.9 Å². The van der Waals surface area contributed by atoms with Crippen molar-refractivity contribution in [2.24, 2.45) is 0 Å². The van der Waals surface area contributed by atoms with E-state index in [-0.39, 0.29) is 11.5 Å². The smallest absolute Gasteiger partial charge is 0.269 e. The third kappa shape index (κ3) is 5.81. The number of rotatable bonds is 8. The molecule has 0 aliphatic rings. The first-order valence-electron chi connectivity index (χ1n) is 8.32. The van der Waals surface area contributed by atoms with Gasteiger partial charge in [-0.1, -0.05) is 11.6 Å².